The number of rotatable bonds is 6. The fourth-order valence-corrected chi connectivity index (χ4v) is 2.95. The molecule has 0 aliphatic carbocycles. The minimum atomic E-state index is -0.110. The van der Waals surface area contributed by atoms with Crippen LogP contribution in [-0.4, -0.2) is 21.0 Å². The number of fused-ring (bicyclic) bond motifs is 1. The predicted octanol–water partition coefficient (Wildman–Crippen LogP) is 4.60. The first kappa shape index (κ1) is 17.7. The van der Waals surface area contributed by atoms with E-state index in [1.165, 1.54) is 0 Å². The number of benzene rings is 2. The third-order valence-electron chi connectivity index (χ3n) is 4.41. The molecule has 0 radical (unpaired) electrons. The van der Waals surface area contributed by atoms with Gasteiger partial charge in [0.2, 0.25) is 5.91 Å². The first-order valence-electron chi connectivity index (χ1n) is 9.12. The summed E-state index contributed by atoms with van der Waals surface area (Å²) in [6.07, 6.45) is 4.57. The summed E-state index contributed by atoms with van der Waals surface area (Å²) >= 11 is 0. The monoisotopic (exact) mass is 372 g/mol. The van der Waals surface area contributed by atoms with Gasteiger partial charge in [-0.15, -0.1) is 0 Å². The van der Waals surface area contributed by atoms with E-state index in [4.69, 9.17) is 4.52 Å². The number of aryl methyl sites for hydroxylation is 2. The standard InChI is InChI=1S/C22H20N4O2/c1-15-22(19(28-26-15)12-11-16-7-3-2-4-8-16)25-21(27)14-13-20-23-17-9-5-6-10-18(17)24-20/h2-12H,13-14H2,1H3,(H,23,24)(H,25,27)/b12-11+. The Hall–Kier alpha value is -3.67. The number of carbonyl (C=O) groups excluding carboxylic acids is 1. The van der Waals surface area contributed by atoms with Gasteiger partial charge < -0.3 is 14.8 Å². The SMILES string of the molecule is Cc1noc(/C=C/c2ccccc2)c1NC(=O)CCc1nc2ccccc2[nH]1. The lowest BCUT2D eigenvalue weighted by atomic mass is 10.2. The van der Waals surface area contributed by atoms with E-state index in [-0.39, 0.29) is 5.91 Å². The van der Waals surface area contributed by atoms with Crippen molar-refractivity contribution in [1.82, 2.24) is 15.1 Å². The van der Waals surface area contributed by atoms with Crippen LogP contribution in [0.15, 0.2) is 59.1 Å². The minimum absolute atomic E-state index is 0.110. The quantitative estimate of drug-likeness (QED) is 0.518. The maximum absolute atomic E-state index is 12.4. The molecule has 0 aliphatic heterocycles. The number of hydrogen-bond acceptors (Lipinski definition) is 4. The first-order valence-corrected chi connectivity index (χ1v) is 9.12. The highest BCUT2D eigenvalue weighted by Gasteiger charge is 2.14. The number of para-hydroxylation sites is 2. The number of anilines is 1. The minimum Gasteiger partial charge on any atom is -0.354 e. The van der Waals surface area contributed by atoms with Gasteiger partial charge in [0.25, 0.3) is 0 Å². The molecule has 0 aliphatic rings. The van der Waals surface area contributed by atoms with Crippen LogP contribution in [0.4, 0.5) is 5.69 Å². The van der Waals surface area contributed by atoms with Crippen LogP contribution in [0.3, 0.4) is 0 Å². The number of nitrogens with one attached hydrogen (secondary N) is 2. The third kappa shape index (κ3) is 4.01. The lowest BCUT2D eigenvalue weighted by Gasteiger charge is -2.03. The van der Waals surface area contributed by atoms with Crippen LogP contribution >= 0.6 is 0 Å². The normalized spacial score (nSPS) is 11.3. The van der Waals surface area contributed by atoms with Crippen molar-refractivity contribution in [2.75, 3.05) is 5.32 Å². The first-order chi connectivity index (χ1) is 13.7. The van der Waals surface area contributed by atoms with Crippen LogP contribution in [0.2, 0.25) is 0 Å². The molecule has 0 atom stereocenters. The second-order valence-electron chi connectivity index (χ2n) is 6.50. The van der Waals surface area contributed by atoms with Crippen molar-refractivity contribution in [2.45, 2.75) is 19.8 Å². The largest absolute Gasteiger partial charge is 0.354 e. The molecule has 2 heterocycles. The zero-order valence-electron chi connectivity index (χ0n) is 15.5. The Bertz CT molecular complexity index is 1090. The van der Waals surface area contributed by atoms with Gasteiger partial charge in [0, 0.05) is 12.8 Å². The van der Waals surface area contributed by atoms with Crippen molar-refractivity contribution < 1.29 is 9.32 Å². The highest BCUT2D eigenvalue weighted by atomic mass is 16.5. The number of nitrogens with zero attached hydrogens (tertiary/aromatic N) is 2. The number of hydrogen-bond donors (Lipinski definition) is 2. The summed E-state index contributed by atoms with van der Waals surface area (Å²) in [7, 11) is 0. The van der Waals surface area contributed by atoms with E-state index in [0.717, 1.165) is 22.4 Å². The average molecular weight is 372 g/mol. The summed E-state index contributed by atoms with van der Waals surface area (Å²) in [5.41, 5.74) is 4.16. The van der Waals surface area contributed by atoms with Crippen LogP contribution in [0.25, 0.3) is 23.2 Å². The van der Waals surface area contributed by atoms with Crippen molar-refractivity contribution in [3.05, 3.63) is 77.4 Å². The molecule has 2 aromatic carbocycles. The molecule has 0 unspecified atom stereocenters. The number of H-pyrrole nitrogens is 1. The molecule has 0 bridgehead atoms. The zero-order valence-corrected chi connectivity index (χ0v) is 15.5. The Balaban J connectivity index is 1.41. The summed E-state index contributed by atoms with van der Waals surface area (Å²) in [6, 6.07) is 17.7. The molecule has 0 saturated heterocycles. The van der Waals surface area contributed by atoms with Crippen molar-refractivity contribution >= 4 is 34.8 Å². The fourth-order valence-electron chi connectivity index (χ4n) is 2.95. The van der Waals surface area contributed by atoms with E-state index in [1.54, 1.807) is 6.92 Å². The molecule has 4 rings (SSSR count). The second kappa shape index (κ2) is 7.92. The molecule has 140 valence electrons. The van der Waals surface area contributed by atoms with E-state index in [2.05, 4.69) is 20.4 Å². The molecule has 4 aromatic rings. The molecule has 6 heteroatoms. The molecular weight excluding hydrogens is 352 g/mol. The van der Waals surface area contributed by atoms with Gasteiger partial charge in [-0.3, -0.25) is 4.79 Å². The lowest BCUT2D eigenvalue weighted by Crippen LogP contribution is -2.13. The Labute approximate surface area is 162 Å². The van der Waals surface area contributed by atoms with E-state index in [1.807, 2.05) is 66.7 Å². The Morgan fingerprint density at radius 2 is 1.89 bits per heavy atom. The van der Waals surface area contributed by atoms with Crippen LogP contribution in [0.1, 0.15) is 29.3 Å². The predicted molar refractivity (Wildman–Crippen MR) is 110 cm³/mol. The van der Waals surface area contributed by atoms with E-state index in [9.17, 15) is 4.79 Å². The smallest absolute Gasteiger partial charge is 0.224 e. The van der Waals surface area contributed by atoms with Crippen LogP contribution < -0.4 is 5.32 Å². The number of aromatic amines is 1. The number of aromatic nitrogens is 3. The topological polar surface area (TPSA) is 83.8 Å². The summed E-state index contributed by atoms with van der Waals surface area (Å²) < 4.78 is 5.35. The third-order valence-corrected chi connectivity index (χ3v) is 4.41. The van der Waals surface area contributed by atoms with Gasteiger partial charge in [-0.2, -0.15) is 0 Å². The van der Waals surface area contributed by atoms with E-state index < -0.39 is 0 Å². The van der Waals surface area contributed by atoms with Crippen molar-refractivity contribution in [3.63, 3.8) is 0 Å². The van der Waals surface area contributed by atoms with Gasteiger partial charge in [0.05, 0.1) is 11.0 Å². The summed E-state index contributed by atoms with van der Waals surface area (Å²) in [5.74, 6) is 1.21. The molecule has 0 saturated carbocycles. The van der Waals surface area contributed by atoms with Gasteiger partial charge in [0.1, 0.15) is 17.2 Å². The number of imidazole rings is 1. The van der Waals surface area contributed by atoms with Gasteiger partial charge in [-0.25, -0.2) is 4.98 Å². The molecule has 0 spiro atoms. The zero-order chi connectivity index (χ0) is 19.3. The maximum Gasteiger partial charge on any atom is 0.224 e. The van der Waals surface area contributed by atoms with Gasteiger partial charge in [-0.1, -0.05) is 53.7 Å². The Morgan fingerprint density at radius 1 is 1.11 bits per heavy atom. The van der Waals surface area contributed by atoms with Crippen LogP contribution in [0, 0.1) is 6.92 Å². The van der Waals surface area contributed by atoms with Gasteiger partial charge in [0.15, 0.2) is 5.76 Å². The molecule has 0 fully saturated rings. The molecular formula is C22H20N4O2. The summed E-state index contributed by atoms with van der Waals surface area (Å²) in [4.78, 5) is 20.2. The molecule has 2 aromatic heterocycles. The van der Waals surface area contributed by atoms with Gasteiger partial charge in [-0.05, 0) is 30.7 Å². The van der Waals surface area contributed by atoms with Crippen molar-refractivity contribution in [3.8, 4) is 0 Å². The lowest BCUT2D eigenvalue weighted by molar-refractivity contribution is -0.116. The summed E-state index contributed by atoms with van der Waals surface area (Å²) in [6.45, 7) is 1.80. The Morgan fingerprint density at radius 3 is 2.71 bits per heavy atom. The molecule has 28 heavy (non-hydrogen) atoms. The highest BCUT2D eigenvalue weighted by molar-refractivity contribution is 5.93. The van der Waals surface area contributed by atoms with Crippen molar-refractivity contribution in [1.29, 1.82) is 0 Å². The average Bonchev–Trinajstić information content (AvgIpc) is 3.29. The highest BCUT2D eigenvalue weighted by Crippen LogP contribution is 2.23. The van der Waals surface area contributed by atoms with Crippen LogP contribution in [0.5, 0.6) is 0 Å². The van der Waals surface area contributed by atoms with E-state index >= 15 is 0 Å². The number of amides is 1. The van der Waals surface area contributed by atoms with Gasteiger partial charge >= 0.3 is 0 Å². The summed E-state index contributed by atoms with van der Waals surface area (Å²) in [5, 5.41) is 6.88. The molecule has 6 nitrogen and oxygen atoms in total. The maximum atomic E-state index is 12.4. The second-order valence-corrected chi connectivity index (χ2v) is 6.50. The van der Waals surface area contributed by atoms with Crippen LogP contribution in [-0.2, 0) is 11.2 Å². The molecule has 2 N–H and O–H groups in total. The van der Waals surface area contributed by atoms with E-state index in [0.29, 0.717) is 30.0 Å². The fraction of sp³-hybridized carbons (Fsp3) is 0.136. The molecule has 1 amide bonds. The van der Waals surface area contributed by atoms with Crippen molar-refractivity contribution in [2.24, 2.45) is 0 Å². The Kier molecular flexibility index (Phi) is 5.01. The number of carbonyl (C=O) groups is 1.